The van der Waals surface area contributed by atoms with Crippen LogP contribution in [0.5, 0.6) is 0 Å². The zero-order valence-electron chi connectivity index (χ0n) is 11.3. The van der Waals surface area contributed by atoms with Crippen molar-refractivity contribution in [3.05, 3.63) is 66.5 Å². The monoisotopic (exact) mass is 263 g/mol. The fourth-order valence-corrected chi connectivity index (χ4v) is 2.22. The number of aromatic nitrogens is 4. The highest BCUT2D eigenvalue weighted by Gasteiger charge is 2.08. The maximum Gasteiger partial charge on any atom is 0.197 e. The summed E-state index contributed by atoms with van der Waals surface area (Å²) in [5.41, 5.74) is 4.40. The molecule has 4 heteroatoms. The Labute approximate surface area is 118 Å². The Bertz CT molecular complexity index is 688. The zero-order chi connectivity index (χ0) is 13.8. The largest absolute Gasteiger partial charge is 0.275 e. The Morgan fingerprint density at radius 3 is 2.70 bits per heavy atom. The van der Waals surface area contributed by atoms with Gasteiger partial charge in [-0.25, -0.2) is 9.97 Å². The lowest BCUT2D eigenvalue weighted by Crippen LogP contribution is -1.98. The van der Waals surface area contributed by atoms with Gasteiger partial charge in [0.25, 0.3) is 0 Å². The van der Waals surface area contributed by atoms with Crippen molar-refractivity contribution in [3.8, 4) is 11.1 Å². The number of hydrogen-bond acceptors (Lipinski definition) is 3. The summed E-state index contributed by atoms with van der Waals surface area (Å²) in [7, 11) is 1.91. The van der Waals surface area contributed by atoms with Gasteiger partial charge in [0.2, 0.25) is 0 Å². The first kappa shape index (κ1) is 12.5. The minimum atomic E-state index is 0.868. The minimum Gasteiger partial charge on any atom is -0.275 e. The molecule has 0 amide bonds. The molecule has 0 N–H and O–H groups in total. The summed E-state index contributed by atoms with van der Waals surface area (Å²) >= 11 is 0. The molecule has 20 heavy (non-hydrogen) atoms. The van der Waals surface area contributed by atoms with Gasteiger partial charge in [-0.05, 0) is 18.4 Å². The molecular formula is C16H15N4. The maximum atomic E-state index is 4.31. The van der Waals surface area contributed by atoms with E-state index < -0.39 is 0 Å². The van der Waals surface area contributed by atoms with Crippen molar-refractivity contribution in [2.45, 2.75) is 12.8 Å². The third-order valence-corrected chi connectivity index (χ3v) is 3.26. The van der Waals surface area contributed by atoms with Gasteiger partial charge in [0.1, 0.15) is 0 Å². The minimum absolute atomic E-state index is 0.868. The molecule has 3 aromatic rings. The van der Waals surface area contributed by atoms with Gasteiger partial charge in [-0.1, -0.05) is 30.3 Å². The molecule has 0 aliphatic carbocycles. The summed E-state index contributed by atoms with van der Waals surface area (Å²) in [6, 6.07) is 10.4. The van der Waals surface area contributed by atoms with Crippen LogP contribution in [0.15, 0.2) is 48.9 Å². The number of nitrogens with zero attached hydrogens (tertiary/aromatic N) is 4. The van der Waals surface area contributed by atoms with Gasteiger partial charge in [-0.15, -0.1) is 0 Å². The smallest absolute Gasteiger partial charge is 0.197 e. The fourth-order valence-electron chi connectivity index (χ4n) is 2.22. The van der Waals surface area contributed by atoms with Crippen LogP contribution in [0, 0.1) is 6.33 Å². The van der Waals surface area contributed by atoms with Gasteiger partial charge in [-0.3, -0.25) is 4.68 Å². The van der Waals surface area contributed by atoms with E-state index in [1.54, 1.807) is 4.68 Å². The van der Waals surface area contributed by atoms with Gasteiger partial charge in [0.05, 0.1) is 11.9 Å². The lowest BCUT2D eigenvalue weighted by molar-refractivity contribution is 0.768. The van der Waals surface area contributed by atoms with Crippen LogP contribution in [0.2, 0.25) is 0 Å². The van der Waals surface area contributed by atoms with Gasteiger partial charge in [0.15, 0.2) is 6.33 Å². The molecule has 1 radical (unpaired) electrons. The lowest BCUT2D eigenvalue weighted by Gasteiger charge is -2.05. The molecule has 0 saturated heterocycles. The zero-order valence-corrected chi connectivity index (χ0v) is 11.3. The first-order valence-electron chi connectivity index (χ1n) is 6.58. The Morgan fingerprint density at radius 2 is 1.95 bits per heavy atom. The Kier molecular flexibility index (Phi) is 3.54. The average Bonchev–Trinajstić information content (AvgIpc) is 2.93. The molecule has 0 atom stereocenters. The van der Waals surface area contributed by atoms with Crippen LogP contribution in [-0.2, 0) is 19.9 Å². The van der Waals surface area contributed by atoms with Crippen LogP contribution in [0.4, 0.5) is 0 Å². The predicted octanol–water partition coefficient (Wildman–Crippen LogP) is 2.46. The van der Waals surface area contributed by atoms with Crippen molar-refractivity contribution in [2.75, 3.05) is 0 Å². The van der Waals surface area contributed by atoms with Crippen LogP contribution in [-0.4, -0.2) is 19.7 Å². The normalized spacial score (nSPS) is 10.7. The summed E-state index contributed by atoms with van der Waals surface area (Å²) in [4.78, 5) is 8.32. The van der Waals surface area contributed by atoms with Crippen molar-refractivity contribution in [1.29, 1.82) is 0 Å². The molecule has 4 nitrogen and oxygen atoms in total. The molecule has 0 spiro atoms. The van der Waals surface area contributed by atoms with Crippen LogP contribution in [0.25, 0.3) is 11.1 Å². The summed E-state index contributed by atoms with van der Waals surface area (Å²) in [5, 5.41) is 4.20. The van der Waals surface area contributed by atoms with Crippen LogP contribution in [0.3, 0.4) is 0 Å². The lowest BCUT2D eigenvalue weighted by atomic mass is 10.0. The summed E-state index contributed by atoms with van der Waals surface area (Å²) < 4.78 is 1.78. The molecule has 0 bridgehead atoms. The predicted molar refractivity (Wildman–Crippen MR) is 76.9 cm³/mol. The van der Waals surface area contributed by atoms with Crippen molar-refractivity contribution < 1.29 is 0 Å². The second kappa shape index (κ2) is 5.65. The van der Waals surface area contributed by atoms with Crippen molar-refractivity contribution in [2.24, 2.45) is 7.05 Å². The first-order valence-corrected chi connectivity index (χ1v) is 6.58. The molecule has 0 aliphatic heterocycles. The second-order valence-electron chi connectivity index (χ2n) is 4.72. The quantitative estimate of drug-likeness (QED) is 0.726. The molecule has 3 rings (SSSR count). The van der Waals surface area contributed by atoms with E-state index >= 15 is 0 Å². The van der Waals surface area contributed by atoms with E-state index in [9.17, 15) is 0 Å². The Hall–Kier alpha value is -2.49. The van der Waals surface area contributed by atoms with E-state index in [2.05, 4.69) is 45.7 Å². The van der Waals surface area contributed by atoms with Gasteiger partial charge in [0, 0.05) is 30.6 Å². The first-order chi connectivity index (χ1) is 9.83. The van der Waals surface area contributed by atoms with Gasteiger partial charge >= 0.3 is 0 Å². The maximum absolute atomic E-state index is 4.31. The van der Waals surface area contributed by atoms with Crippen LogP contribution >= 0.6 is 0 Å². The topological polar surface area (TPSA) is 43.6 Å². The highest BCUT2D eigenvalue weighted by Crippen LogP contribution is 2.21. The number of rotatable bonds is 4. The van der Waals surface area contributed by atoms with Crippen molar-refractivity contribution in [1.82, 2.24) is 19.7 Å². The van der Waals surface area contributed by atoms with Crippen molar-refractivity contribution >= 4 is 0 Å². The molecule has 99 valence electrons. The summed E-state index contributed by atoms with van der Waals surface area (Å²) in [5.74, 6) is 0. The van der Waals surface area contributed by atoms with E-state index in [-0.39, 0.29) is 0 Å². The average molecular weight is 263 g/mol. The van der Waals surface area contributed by atoms with Crippen LogP contribution in [0.1, 0.15) is 11.3 Å². The second-order valence-corrected chi connectivity index (χ2v) is 4.72. The summed E-state index contributed by atoms with van der Waals surface area (Å²) in [6.07, 6.45) is 10.1. The number of hydrogen-bond donors (Lipinski definition) is 0. The molecule has 0 aliphatic rings. The number of benzene rings is 1. The van der Waals surface area contributed by atoms with E-state index in [0.29, 0.717) is 0 Å². The fraction of sp³-hybridized carbons (Fsp3) is 0.188. The third-order valence-electron chi connectivity index (χ3n) is 3.26. The van der Waals surface area contributed by atoms with E-state index in [1.807, 2.05) is 31.7 Å². The Morgan fingerprint density at radius 1 is 1.10 bits per heavy atom. The van der Waals surface area contributed by atoms with Crippen molar-refractivity contribution in [3.63, 3.8) is 0 Å². The highest BCUT2D eigenvalue weighted by molar-refractivity contribution is 5.63. The molecular weight excluding hydrogens is 248 g/mol. The standard InChI is InChI=1S/C16H15N4/c1-20-11-14(9-19-20)15-10-17-12-18-16(15)8-7-13-5-3-2-4-6-13/h2-6,9-11H,7-8H2,1H3. The summed E-state index contributed by atoms with van der Waals surface area (Å²) in [6.45, 7) is 0. The van der Waals surface area contributed by atoms with Gasteiger partial charge < -0.3 is 0 Å². The van der Waals surface area contributed by atoms with Crippen LogP contribution < -0.4 is 0 Å². The van der Waals surface area contributed by atoms with E-state index in [0.717, 1.165) is 29.7 Å². The third kappa shape index (κ3) is 2.74. The molecule has 0 fully saturated rings. The molecule has 2 aromatic heterocycles. The highest BCUT2D eigenvalue weighted by atomic mass is 15.2. The van der Waals surface area contributed by atoms with E-state index in [1.165, 1.54) is 5.56 Å². The SMILES string of the molecule is Cn1cc(-c2cn[c]nc2CCc2ccccc2)cn1. The molecule has 2 heterocycles. The molecule has 1 aromatic carbocycles. The van der Waals surface area contributed by atoms with Gasteiger partial charge in [-0.2, -0.15) is 5.10 Å². The van der Waals surface area contributed by atoms with E-state index in [4.69, 9.17) is 0 Å². The molecule has 0 saturated carbocycles. The number of aryl methyl sites for hydroxylation is 3. The molecule has 0 unspecified atom stereocenters. The Balaban J connectivity index is 1.83.